The first-order valence-corrected chi connectivity index (χ1v) is 5.92. The topological polar surface area (TPSA) is 17.1 Å². The molecule has 1 aromatic carbocycles. The molecule has 0 aliphatic carbocycles. The molecule has 0 amide bonds. The molecule has 0 fully saturated rings. The Bertz CT molecular complexity index is 516. The van der Waals surface area contributed by atoms with Gasteiger partial charge in [0.25, 0.3) is 0 Å². The highest BCUT2D eigenvalue weighted by atomic mass is 32.1. The third-order valence-corrected chi connectivity index (χ3v) is 3.58. The number of ketones is 1. The zero-order valence-electron chi connectivity index (χ0n) is 8.87. The van der Waals surface area contributed by atoms with Crippen LogP contribution in [0.3, 0.4) is 0 Å². The molecule has 0 spiro atoms. The zero-order valence-corrected chi connectivity index (χ0v) is 9.68. The molecule has 0 unspecified atom stereocenters. The summed E-state index contributed by atoms with van der Waals surface area (Å²) in [7, 11) is 0. The van der Waals surface area contributed by atoms with Crippen molar-refractivity contribution >= 4 is 17.1 Å². The van der Waals surface area contributed by atoms with Gasteiger partial charge in [0.2, 0.25) is 5.78 Å². The van der Waals surface area contributed by atoms with E-state index in [0.29, 0.717) is 4.88 Å². The molecule has 0 aliphatic rings. The van der Waals surface area contributed by atoms with Gasteiger partial charge in [0.15, 0.2) is 0 Å². The van der Waals surface area contributed by atoms with Crippen molar-refractivity contribution in [2.75, 3.05) is 0 Å². The van der Waals surface area contributed by atoms with Crippen LogP contribution in [0.4, 0.5) is 4.39 Å². The van der Waals surface area contributed by atoms with Crippen molar-refractivity contribution in [1.82, 2.24) is 0 Å². The molecule has 1 nitrogen and oxygen atoms in total. The lowest BCUT2D eigenvalue weighted by molar-refractivity contribution is 0.103. The van der Waals surface area contributed by atoms with Gasteiger partial charge in [-0.2, -0.15) is 0 Å². The highest BCUT2D eigenvalue weighted by molar-refractivity contribution is 7.14. The van der Waals surface area contributed by atoms with Gasteiger partial charge < -0.3 is 0 Å². The number of rotatable bonds is 3. The molecule has 3 heteroatoms. The third kappa shape index (κ3) is 2.04. The van der Waals surface area contributed by atoms with Crippen LogP contribution in [0.1, 0.15) is 27.0 Å². The summed E-state index contributed by atoms with van der Waals surface area (Å²) >= 11 is 1.43. The Hall–Kier alpha value is -1.48. The van der Waals surface area contributed by atoms with Crippen LogP contribution in [-0.2, 0) is 6.42 Å². The molecule has 0 N–H and O–H groups in total. The van der Waals surface area contributed by atoms with Crippen LogP contribution in [0, 0.1) is 5.82 Å². The number of carbonyl (C=O) groups is 1. The van der Waals surface area contributed by atoms with Gasteiger partial charge in [-0.05, 0) is 30.7 Å². The summed E-state index contributed by atoms with van der Waals surface area (Å²) in [6.07, 6.45) is 0.898. The number of halogens is 1. The smallest absolute Gasteiger partial charge is 0.205 e. The molecule has 0 saturated carbocycles. The van der Waals surface area contributed by atoms with Gasteiger partial charge >= 0.3 is 0 Å². The second-order valence-corrected chi connectivity index (χ2v) is 4.60. The maximum Gasteiger partial charge on any atom is 0.205 e. The summed E-state index contributed by atoms with van der Waals surface area (Å²) in [5, 5.41) is 0. The van der Waals surface area contributed by atoms with E-state index in [9.17, 15) is 9.18 Å². The minimum Gasteiger partial charge on any atom is -0.288 e. The van der Waals surface area contributed by atoms with Crippen molar-refractivity contribution in [3.63, 3.8) is 0 Å². The van der Waals surface area contributed by atoms with Gasteiger partial charge in [-0.1, -0.05) is 19.1 Å². The molecule has 2 rings (SSSR count). The van der Waals surface area contributed by atoms with E-state index in [0.717, 1.165) is 11.3 Å². The maximum absolute atomic E-state index is 13.4. The van der Waals surface area contributed by atoms with Gasteiger partial charge in [0, 0.05) is 4.88 Å². The normalized spacial score (nSPS) is 10.4. The number of thiophene rings is 1. The molecule has 0 saturated heterocycles. The van der Waals surface area contributed by atoms with Crippen molar-refractivity contribution in [3.8, 4) is 0 Å². The Balaban J connectivity index is 2.35. The molecule has 0 aliphatic heterocycles. The summed E-state index contributed by atoms with van der Waals surface area (Å²) in [5.74, 6) is -0.693. The molecule has 1 heterocycles. The van der Waals surface area contributed by atoms with Crippen molar-refractivity contribution in [2.45, 2.75) is 13.3 Å². The lowest BCUT2D eigenvalue weighted by Crippen LogP contribution is -2.01. The molecule has 1 aromatic heterocycles. The first kappa shape index (κ1) is 11.0. The monoisotopic (exact) mass is 234 g/mol. The van der Waals surface area contributed by atoms with Crippen LogP contribution in [0.15, 0.2) is 36.4 Å². The van der Waals surface area contributed by atoms with Gasteiger partial charge in [0.05, 0.1) is 10.4 Å². The van der Waals surface area contributed by atoms with Crippen LogP contribution in [0.5, 0.6) is 0 Å². The van der Waals surface area contributed by atoms with E-state index in [-0.39, 0.29) is 11.3 Å². The lowest BCUT2D eigenvalue weighted by atomic mass is 10.1. The van der Waals surface area contributed by atoms with Gasteiger partial charge in [-0.25, -0.2) is 4.39 Å². The van der Waals surface area contributed by atoms with E-state index in [1.54, 1.807) is 18.2 Å². The quantitative estimate of drug-likeness (QED) is 0.740. The first-order valence-electron chi connectivity index (χ1n) is 5.10. The number of carbonyl (C=O) groups excluding carboxylic acids is 1. The first-order chi connectivity index (χ1) is 7.72. The molecule has 0 radical (unpaired) electrons. The van der Waals surface area contributed by atoms with E-state index >= 15 is 0 Å². The third-order valence-electron chi connectivity index (χ3n) is 2.35. The summed E-state index contributed by atoms with van der Waals surface area (Å²) in [6, 6.07) is 9.75. The molecule has 16 heavy (non-hydrogen) atoms. The average molecular weight is 234 g/mol. The van der Waals surface area contributed by atoms with Crippen molar-refractivity contribution in [1.29, 1.82) is 0 Å². The van der Waals surface area contributed by atoms with E-state index in [1.807, 2.05) is 13.0 Å². The summed E-state index contributed by atoms with van der Waals surface area (Å²) < 4.78 is 13.4. The van der Waals surface area contributed by atoms with Crippen LogP contribution in [0.2, 0.25) is 0 Å². The van der Waals surface area contributed by atoms with E-state index in [1.165, 1.54) is 23.5 Å². The Morgan fingerprint density at radius 2 is 2.00 bits per heavy atom. The second kappa shape index (κ2) is 4.58. The van der Waals surface area contributed by atoms with Crippen LogP contribution >= 0.6 is 11.3 Å². The SMILES string of the molecule is CCc1ccc(C(=O)c2ccccc2F)s1. The molecular weight excluding hydrogens is 223 g/mol. The fraction of sp³-hybridized carbons (Fsp3) is 0.154. The highest BCUT2D eigenvalue weighted by Crippen LogP contribution is 2.21. The molecular formula is C13H11FOS. The Morgan fingerprint density at radius 3 is 2.62 bits per heavy atom. The van der Waals surface area contributed by atoms with Gasteiger partial charge in [-0.3, -0.25) is 4.79 Å². The standard InChI is InChI=1S/C13H11FOS/c1-2-9-7-8-12(16-9)13(15)10-5-3-4-6-11(10)14/h3-8H,2H2,1H3. The largest absolute Gasteiger partial charge is 0.288 e. The van der Waals surface area contributed by atoms with E-state index in [4.69, 9.17) is 0 Å². The Labute approximate surface area is 97.6 Å². The van der Waals surface area contributed by atoms with Crippen molar-refractivity contribution in [2.24, 2.45) is 0 Å². The minimum atomic E-state index is -0.459. The van der Waals surface area contributed by atoms with Crippen LogP contribution in [0.25, 0.3) is 0 Å². The number of hydrogen-bond donors (Lipinski definition) is 0. The highest BCUT2D eigenvalue weighted by Gasteiger charge is 2.14. The maximum atomic E-state index is 13.4. The predicted octanol–water partition coefficient (Wildman–Crippen LogP) is 3.68. The van der Waals surface area contributed by atoms with Crippen LogP contribution in [-0.4, -0.2) is 5.78 Å². The fourth-order valence-corrected chi connectivity index (χ4v) is 2.37. The Morgan fingerprint density at radius 1 is 1.25 bits per heavy atom. The number of benzene rings is 1. The summed E-state index contributed by atoms with van der Waals surface area (Å²) in [4.78, 5) is 13.7. The van der Waals surface area contributed by atoms with E-state index < -0.39 is 5.82 Å². The zero-order chi connectivity index (χ0) is 11.5. The van der Waals surface area contributed by atoms with E-state index in [2.05, 4.69) is 0 Å². The molecule has 0 bridgehead atoms. The second-order valence-electron chi connectivity index (χ2n) is 3.43. The van der Waals surface area contributed by atoms with Crippen molar-refractivity contribution < 1.29 is 9.18 Å². The van der Waals surface area contributed by atoms with Gasteiger partial charge in [0.1, 0.15) is 5.82 Å². The summed E-state index contributed by atoms with van der Waals surface area (Å²) in [6.45, 7) is 2.03. The number of aryl methyl sites for hydroxylation is 1. The average Bonchev–Trinajstić information content (AvgIpc) is 2.77. The van der Waals surface area contributed by atoms with Crippen LogP contribution < -0.4 is 0 Å². The summed E-state index contributed by atoms with van der Waals surface area (Å²) in [5.41, 5.74) is 0.145. The lowest BCUT2D eigenvalue weighted by Gasteiger charge is -1.99. The Kier molecular flexibility index (Phi) is 3.15. The molecule has 82 valence electrons. The molecule has 2 aromatic rings. The van der Waals surface area contributed by atoms with Crippen molar-refractivity contribution in [3.05, 3.63) is 57.5 Å². The molecule has 0 atom stereocenters. The predicted molar refractivity (Wildman–Crippen MR) is 63.5 cm³/mol. The minimum absolute atomic E-state index is 0.145. The number of hydrogen-bond acceptors (Lipinski definition) is 2. The fourth-order valence-electron chi connectivity index (χ4n) is 1.47. The van der Waals surface area contributed by atoms with Gasteiger partial charge in [-0.15, -0.1) is 11.3 Å².